The van der Waals surface area contributed by atoms with E-state index in [-0.39, 0.29) is 17.7 Å². The summed E-state index contributed by atoms with van der Waals surface area (Å²) in [5.74, 6) is 0.939. The van der Waals surface area contributed by atoms with Crippen LogP contribution in [0.1, 0.15) is 34.9 Å². The highest BCUT2D eigenvalue weighted by molar-refractivity contribution is 5.95. The number of aliphatic hydroxyl groups excluding tert-OH is 1. The molecule has 0 unspecified atom stereocenters. The fourth-order valence-corrected chi connectivity index (χ4v) is 3.58. The molecule has 1 amide bonds. The lowest BCUT2D eigenvalue weighted by Crippen LogP contribution is -2.32. The Hall–Kier alpha value is -2.74. The molecule has 2 N–H and O–H groups in total. The van der Waals surface area contributed by atoms with Gasteiger partial charge in [0.1, 0.15) is 12.2 Å². The first-order valence-electron chi connectivity index (χ1n) is 8.33. The summed E-state index contributed by atoms with van der Waals surface area (Å²) in [6.45, 7) is 0.443. The number of aromatic nitrogens is 5. The number of carbonyl (C=O) groups excluding carboxylic acids is 1. The van der Waals surface area contributed by atoms with Crippen molar-refractivity contribution in [3.05, 3.63) is 48.6 Å². The van der Waals surface area contributed by atoms with E-state index in [2.05, 4.69) is 20.5 Å². The Bertz CT molecular complexity index is 901. The maximum atomic E-state index is 12.4. The second-order valence-corrected chi connectivity index (χ2v) is 6.65. The Kier molecular flexibility index (Phi) is 3.96. The molecule has 0 aromatic carbocycles. The molecule has 130 valence electrons. The van der Waals surface area contributed by atoms with E-state index in [1.807, 2.05) is 22.2 Å². The lowest BCUT2D eigenvalue weighted by molar-refractivity contribution is 0.0916. The van der Waals surface area contributed by atoms with Crippen LogP contribution in [-0.2, 0) is 7.05 Å². The Labute approximate surface area is 144 Å². The van der Waals surface area contributed by atoms with Gasteiger partial charge in [0.25, 0.3) is 5.91 Å². The van der Waals surface area contributed by atoms with Crippen molar-refractivity contribution >= 4 is 11.4 Å². The van der Waals surface area contributed by atoms with Crippen molar-refractivity contribution < 1.29 is 9.90 Å². The van der Waals surface area contributed by atoms with Crippen LogP contribution < -0.4 is 5.32 Å². The first-order chi connectivity index (χ1) is 12.1. The predicted molar refractivity (Wildman–Crippen MR) is 90.0 cm³/mol. The monoisotopic (exact) mass is 340 g/mol. The first-order valence-corrected chi connectivity index (χ1v) is 8.33. The van der Waals surface area contributed by atoms with Crippen molar-refractivity contribution in [2.45, 2.75) is 24.9 Å². The van der Waals surface area contributed by atoms with E-state index in [0.717, 1.165) is 17.8 Å². The number of imidazole rings is 1. The number of fused-ring (bicyclic) bond motifs is 1. The number of pyridine rings is 1. The molecule has 8 heteroatoms. The van der Waals surface area contributed by atoms with Crippen molar-refractivity contribution in [1.29, 1.82) is 0 Å². The molecule has 3 aromatic rings. The summed E-state index contributed by atoms with van der Waals surface area (Å²) in [6.07, 6.45) is 7.88. The molecule has 4 rings (SSSR count). The topological polar surface area (TPSA) is 97.3 Å². The van der Waals surface area contributed by atoms with Crippen LogP contribution in [0.4, 0.5) is 0 Å². The standard InChI is InChI=1S/C17H20N6O2/c1-22-10-20-21-16(22)12-4-13(15(24)6-12)7-19-17(25)11-2-3-23-9-18-8-14(23)5-11/h2-3,5,8-10,12-13,15,24H,4,6-7H2,1H3,(H,19,25)/t12-,13+,15+/m0/s1. The van der Waals surface area contributed by atoms with E-state index in [4.69, 9.17) is 0 Å². The summed E-state index contributed by atoms with van der Waals surface area (Å²) in [4.78, 5) is 16.4. The zero-order valence-corrected chi connectivity index (χ0v) is 13.9. The van der Waals surface area contributed by atoms with Gasteiger partial charge in [0.2, 0.25) is 0 Å². The molecule has 3 aromatic heterocycles. The van der Waals surface area contributed by atoms with Crippen LogP contribution in [0.2, 0.25) is 0 Å². The van der Waals surface area contributed by atoms with Gasteiger partial charge in [-0.05, 0) is 25.0 Å². The van der Waals surface area contributed by atoms with Gasteiger partial charge in [0.15, 0.2) is 0 Å². The fourth-order valence-electron chi connectivity index (χ4n) is 3.58. The molecule has 3 atom stereocenters. The molecule has 0 aliphatic heterocycles. The lowest BCUT2D eigenvalue weighted by Gasteiger charge is -2.15. The fraction of sp³-hybridized carbons (Fsp3) is 0.412. The maximum absolute atomic E-state index is 12.4. The van der Waals surface area contributed by atoms with Crippen LogP contribution in [0.3, 0.4) is 0 Å². The van der Waals surface area contributed by atoms with Gasteiger partial charge in [-0.15, -0.1) is 10.2 Å². The van der Waals surface area contributed by atoms with E-state index >= 15 is 0 Å². The third-order valence-corrected chi connectivity index (χ3v) is 4.97. The highest BCUT2D eigenvalue weighted by Crippen LogP contribution is 2.37. The summed E-state index contributed by atoms with van der Waals surface area (Å²) in [5, 5.41) is 21.3. The smallest absolute Gasteiger partial charge is 0.251 e. The number of nitrogens with zero attached hydrogens (tertiary/aromatic N) is 5. The lowest BCUT2D eigenvalue weighted by atomic mass is 10.0. The molecule has 0 radical (unpaired) electrons. The minimum absolute atomic E-state index is 0.0179. The molecule has 1 aliphatic rings. The number of aliphatic hydroxyl groups is 1. The third kappa shape index (κ3) is 3.00. The third-order valence-electron chi connectivity index (χ3n) is 4.97. The summed E-state index contributed by atoms with van der Waals surface area (Å²) in [6, 6.07) is 3.56. The van der Waals surface area contributed by atoms with E-state index in [0.29, 0.717) is 18.5 Å². The molecule has 0 saturated heterocycles. The minimum Gasteiger partial charge on any atom is -0.393 e. The highest BCUT2D eigenvalue weighted by Gasteiger charge is 2.36. The number of rotatable bonds is 4. The molecule has 3 heterocycles. The number of nitrogens with one attached hydrogen (secondary N) is 1. The SMILES string of the molecule is Cn1cnnc1[C@H]1C[C@H](CNC(=O)c2ccn3cncc3c2)[C@H](O)C1. The van der Waals surface area contributed by atoms with Crippen molar-refractivity contribution in [1.82, 2.24) is 29.5 Å². The molecule has 1 aliphatic carbocycles. The van der Waals surface area contributed by atoms with Gasteiger partial charge in [0, 0.05) is 37.2 Å². The van der Waals surface area contributed by atoms with Crippen LogP contribution in [0.5, 0.6) is 0 Å². The summed E-state index contributed by atoms with van der Waals surface area (Å²) in [5.41, 5.74) is 1.46. The Morgan fingerprint density at radius 1 is 1.40 bits per heavy atom. The second kappa shape index (κ2) is 6.29. The molecule has 1 fully saturated rings. The van der Waals surface area contributed by atoms with Crippen LogP contribution in [0.15, 0.2) is 37.2 Å². The maximum Gasteiger partial charge on any atom is 0.251 e. The summed E-state index contributed by atoms with van der Waals surface area (Å²) in [7, 11) is 1.91. The predicted octanol–water partition coefficient (Wildman–Crippen LogP) is 0.747. The quantitative estimate of drug-likeness (QED) is 0.730. The number of aryl methyl sites for hydroxylation is 1. The number of carbonyl (C=O) groups is 1. The van der Waals surface area contributed by atoms with Crippen LogP contribution >= 0.6 is 0 Å². The molecular formula is C17H20N6O2. The molecular weight excluding hydrogens is 320 g/mol. The Morgan fingerprint density at radius 2 is 2.28 bits per heavy atom. The molecule has 0 bridgehead atoms. The average molecular weight is 340 g/mol. The minimum atomic E-state index is -0.445. The summed E-state index contributed by atoms with van der Waals surface area (Å²) < 4.78 is 3.74. The average Bonchev–Trinajstić information content (AvgIpc) is 3.31. The van der Waals surface area contributed by atoms with Gasteiger partial charge in [-0.2, -0.15) is 0 Å². The zero-order chi connectivity index (χ0) is 17.4. The molecule has 25 heavy (non-hydrogen) atoms. The number of hydrogen-bond donors (Lipinski definition) is 2. The van der Waals surface area contributed by atoms with Crippen molar-refractivity contribution in [2.24, 2.45) is 13.0 Å². The molecule has 0 spiro atoms. The van der Waals surface area contributed by atoms with Gasteiger partial charge in [0.05, 0.1) is 24.1 Å². The second-order valence-electron chi connectivity index (χ2n) is 6.65. The largest absolute Gasteiger partial charge is 0.393 e. The highest BCUT2D eigenvalue weighted by atomic mass is 16.3. The number of hydrogen-bond acceptors (Lipinski definition) is 5. The van der Waals surface area contributed by atoms with Crippen LogP contribution in [0, 0.1) is 5.92 Å². The van der Waals surface area contributed by atoms with E-state index in [1.165, 1.54) is 0 Å². The normalized spacial score (nSPS) is 23.2. The van der Waals surface area contributed by atoms with Gasteiger partial charge in [-0.25, -0.2) is 4.98 Å². The van der Waals surface area contributed by atoms with Gasteiger partial charge in [-0.1, -0.05) is 0 Å². The van der Waals surface area contributed by atoms with E-state index < -0.39 is 6.10 Å². The zero-order valence-electron chi connectivity index (χ0n) is 13.9. The van der Waals surface area contributed by atoms with E-state index in [1.54, 1.807) is 31.0 Å². The number of amides is 1. The van der Waals surface area contributed by atoms with Gasteiger partial charge < -0.3 is 19.4 Å². The van der Waals surface area contributed by atoms with Gasteiger partial charge in [-0.3, -0.25) is 4.79 Å². The Balaban J connectivity index is 1.39. The van der Waals surface area contributed by atoms with Crippen molar-refractivity contribution in [3.8, 4) is 0 Å². The van der Waals surface area contributed by atoms with Crippen molar-refractivity contribution in [2.75, 3.05) is 6.54 Å². The van der Waals surface area contributed by atoms with Crippen LogP contribution in [0.25, 0.3) is 5.52 Å². The molecule has 1 saturated carbocycles. The molecule has 8 nitrogen and oxygen atoms in total. The summed E-state index contributed by atoms with van der Waals surface area (Å²) >= 11 is 0. The Morgan fingerprint density at radius 3 is 3.08 bits per heavy atom. The van der Waals surface area contributed by atoms with Crippen LogP contribution in [-0.4, -0.2) is 47.8 Å². The first kappa shape index (κ1) is 15.8. The van der Waals surface area contributed by atoms with Gasteiger partial charge >= 0.3 is 0 Å². The van der Waals surface area contributed by atoms with Crippen molar-refractivity contribution in [3.63, 3.8) is 0 Å². The van der Waals surface area contributed by atoms with E-state index in [9.17, 15) is 9.90 Å².